The summed E-state index contributed by atoms with van der Waals surface area (Å²) >= 11 is 0. The first-order valence-corrected chi connectivity index (χ1v) is 6.39. The van der Waals surface area contributed by atoms with E-state index in [9.17, 15) is 0 Å². The summed E-state index contributed by atoms with van der Waals surface area (Å²) in [5.41, 5.74) is 4.71. The maximum absolute atomic E-state index is 9.10. The standard InChI is InChI=1S/C18H12N2/c19-13-14-9-10-16(15-6-2-1-3-7-15)17(12-14)18-8-4-5-11-20-18/h1-12H. The molecule has 0 spiro atoms. The Bertz CT molecular complexity index is 756. The van der Waals surface area contributed by atoms with Crippen molar-refractivity contribution < 1.29 is 0 Å². The maximum atomic E-state index is 9.10. The molecule has 0 bridgehead atoms. The lowest BCUT2D eigenvalue weighted by atomic mass is 9.95. The molecular formula is C18H12N2. The molecule has 0 aliphatic rings. The van der Waals surface area contributed by atoms with Crippen LogP contribution in [0.4, 0.5) is 0 Å². The smallest absolute Gasteiger partial charge is 0.0991 e. The van der Waals surface area contributed by atoms with Gasteiger partial charge in [-0.25, -0.2) is 0 Å². The zero-order valence-corrected chi connectivity index (χ0v) is 10.8. The fraction of sp³-hybridized carbons (Fsp3) is 0. The van der Waals surface area contributed by atoms with Crippen LogP contribution < -0.4 is 0 Å². The van der Waals surface area contributed by atoms with Crippen LogP contribution in [-0.4, -0.2) is 4.98 Å². The number of rotatable bonds is 2. The van der Waals surface area contributed by atoms with E-state index in [4.69, 9.17) is 5.26 Å². The molecule has 2 aromatic carbocycles. The Morgan fingerprint density at radius 1 is 0.800 bits per heavy atom. The van der Waals surface area contributed by atoms with Crippen molar-refractivity contribution in [1.29, 1.82) is 5.26 Å². The quantitative estimate of drug-likeness (QED) is 0.686. The van der Waals surface area contributed by atoms with Gasteiger partial charge in [-0.2, -0.15) is 5.26 Å². The van der Waals surface area contributed by atoms with Gasteiger partial charge in [0, 0.05) is 11.8 Å². The van der Waals surface area contributed by atoms with E-state index < -0.39 is 0 Å². The van der Waals surface area contributed by atoms with Gasteiger partial charge in [0.15, 0.2) is 0 Å². The first kappa shape index (κ1) is 12.1. The maximum Gasteiger partial charge on any atom is 0.0991 e. The van der Waals surface area contributed by atoms with Crippen molar-refractivity contribution in [3.63, 3.8) is 0 Å². The predicted octanol–water partition coefficient (Wildman–Crippen LogP) is 4.29. The molecule has 1 heterocycles. The van der Waals surface area contributed by atoms with Crippen LogP contribution in [0.5, 0.6) is 0 Å². The Kier molecular flexibility index (Phi) is 3.26. The van der Waals surface area contributed by atoms with Gasteiger partial charge in [0.25, 0.3) is 0 Å². The van der Waals surface area contributed by atoms with Crippen LogP contribution in [0.15, 0.2) is 72.9 Å². The summed E-state index contributed by atoms with van der Waals surface area (Å²) in [5, 5.41) is 9.10. The van der Waals surface area contributed by atoms with E-state index in [1.807, 2.05) is 54.6 Å². The van der Waals surface area contributed by atoms with Gasteiger partial charge < -0.3 is 0 Å². The molecule has 2 heteroatoms. The minimum absolute atomic E-state index is 0.644. The zero-order valence-electron chi connectivity index (χ0n) is 10.8. The van der Waals surface area contributed by atoms with E-state index in [0.717, 1.165) is 22.4 Å². The number of aromatic nitrogens is 1. The Hall–Kier alpha value is -2.92. The van der Waals surface area contributed by atoms with E-state index in [1.165, 1.54) is 0 Å². The van der Waals surface area contributed by atoms with Crippen molar-refractivity contribution in [3.05, 3.63) is 78.5 Å². The van der Waals surface area contributed by atoms with Gasteiger partial charge in [-0.05, 0) is 35.4 Å². The van der Waals surface area contributed by atoms with Gasteiger partial charge in [0.1, 0.15) is 0 Å². The lowest BCUT2D eigenvalue weighted by Crippen LogP contribution is -1.89. The molecule has 1 aromatic heterocycles. The second-order valence-corrected chi connectivity index (χ2v) is 4.45. The summed E-state index contributed by atoms with van der Waals surface area (Å²) in [6.07, 6.45) is 1.77. The number of pyridine rings is 1. The van der Waals surface area contributed by atoms with E-state index in [2.05, 4.69) is 23.2 Å². The van der Waals surface area contributed by atoms with Crippen molar-refractivity contribution in [3.8, 4) is 28.5 Å². The lowest BCUT2D eigenvalue weighted by Gasteiger charge is -2.10. The topological polar surface area (TPSA) is 36.7 Å². The van der Waals surface area contributed by atoms with Crippen LogP contribution in [-0.2, 0) is 0 Å². The predicted molar refractivity (Wildman–Crippen MR) is 79.8 cm³/mol. The summed E-state index contributed by atoms with van der Waals surface area (Å²) in [7, 11) is 0. The van der Waals surface area contributed by atoms with Gasteiger partial charge in [-0.15, -0.1) is 0 Å². The first-order valence-electron chi connectivity index (χ1n) is 6.39. The Balaban J connectivity index is 2.23. The molecule has 0 aliphatic heterocycles. The van der Waals surface area contributed by atoms with E-state index in [0.29, 0.717) is 5.56 Å². The molecule has 0 saturated heterocycles. The van der Waals surface area contributed by atoms with Crippen LogP contribution in [0, 0.1) is 11.3 Å². The number of benzene rings is 2. The average Bonchev–Trinajstić information content (AvgIpc) is 2.56. The fourth-order valence-electron chi connectivity index (χ4n) is 2.22. The van der Waals surface area contributed by atoms with Crippen molar-refractivity contribution in [2.24, 2.45) is 0 Å². The van der Waals surface area contributed by atoms with Crippen molar-refractivity contribution >= 4 is 0 Å². The third kappa shape index (κ3) is 2.30. The molecule has 0 amide bonds. The molecule has 20 heavy (non-hydrogen) atoms. The number of hydrogen-bond acceptors (Lipinski definition) is 2. The fourth-order valence-corrected chi connectivity index (χ4v) is 2.22. The third-order valence-corrected chi connectivity index (χ3v) is 3.17. The number of nitrogens with zero attached hydrogens (tertiary/aromatic N) is 2. The minimum Gasteiger partial charge on any atom is -0.256 e. The summed E-state index contributed by atoms with van der Waals surface area (Å²) in [4.78, 5) is 4.40. The molecular weight excluding hydrogens is 244 g/mol. The van der Waals surface area contributed by atoms with E-state index in [-0.39, 0.29) is 0 Å². The van der Waals surface area contributed by atoms with Crippen LogP contribution in [0.3, 0.4) is 0 Å². The molecule has 0 unspecified atom stereocenters. The Labute approximate surface area is 118 Å². The largest absolute Gasteiger partial charge is 0.256 e. The Morgan fingerprint density at radius 3 is 2.30 bits per heavy atom. The van der Waals surface area contributed by atoms with Crippen LogP contribution >= 0.6 is 0 Å². The summed E-state index contributed by atoms with van der Waals surface area (Å²) < 4.78 is 0. The molecule has 0 N–H and O–H groups in total. The molecule has 0 fully saturated rings. The molecule has 3 aromatic rings. The highest BCUT2D eigenvalue weighted by molar-refractivity contribution is 5.82. The van der Waals surface area contributed by atoms with Crippen molar-refractivity contribution in [1.82, 2.24) is 4.98 Å². The molecule has 3 rings (SSSR count). The molecule has 0 atom stereocenters. The molecule has 94 valence electrons. The van der Waals surface area contributed by atoms with Crippen molar-refractivity contribution in [2.75, 3.05) is 0 Å². The van der Waals surface area contributed by atoms with Gasteiger partial charge in [0.2, 0.25) is 0 Å². The highest BCUT2D eigenvalue weighted by Gasteiger charge is 2.09. The van der Waals surface area contributed by atoms with Crippen molar-refractivity contribution in [2.45, 2.75) is 0 Å². The second kappa shape index (κ2) is 5.38. The SMILES string of the molecule is N#Cc1ccc(-c2ccccc2)c(-c2ccccn2)c1. The van der Waals surface area contributed by atoms with Gasteiger partial charge in [-0.1, -0.05) is 42.5 Å². The number of hydrogen-bond donors (Lipinski definition) is 0. The zero-order chi connectivity index (χ0) is 13.8. The summed E-state index contributed by atoms with van der Waals surface area (Å²) in [5.74, 6) is 0. The average molecular weight is 256 g/mol. The summed E-state index contributed by atoms with van der Waals surface area (Å²) in [6.45, 7) is 0. The monoisotopic (exact) mass is 256 g/mol. The first-order chi connectivity index (χ1) is 9.88. The molecule has 0 aliphatic carbocycles. The third-order valence-electron chi connectivity index (χ3n) is 3.17. The van der Waals surface area contributed by atoms with Gasteiger partial charge >= 0.3 is 0 Å². The molecule has 0 radical (unpaired) electrons. The van der Waals surface area contributed by atoms with Crippen LogP contribution in [0.25, 0.3) is 22.4 Å². The molecule has 0 saturated carbocycles. The van der Waals surface area contributed by atoms with Crippen LogP contribution in [0.2, 0.25) is 0 Å². The van der Waals surface area contributed by atoms with E-state index in [1.54, 1.807) is 6.20 Å². The normalized spacial score (nSPS) is 9.95. The van der Waals surface area contributed by atoms with Crippen LogP contribution in [0.1, 0.15) is 5.56 Å². The van der Waals surface area contributed by atoms with Gasteiger partial charge in [0.05, 0.1) is 17.3 Å². The molecule has 2 nitrogen and oxygen atoms in total. The Morgan fingerprint density at radius 2 is 1.60 bits per heavy atom. The van der Waals surface area contributed by atoms with Gasteiger partial charge in [-0.3, -0.25) is 4.98 Å². The minimum atomic E-state index is 0.644. The van der Waals surface area contributed by atoms with E-state index >= 15 is 0 Å². The summed E-state index contributed by atoms with van der Waals surface area (Å²) in [6, 6.07) is 23.9. The lowest BCUT2D eigenvalue weighted by molar-refractivity contribution is 1.32. The highest BCUT2D eigenvalue weighted by atomic mass is 14.7. The number of nitriles is 1. The second-order valence-electron chi connectivity index (χ2n) is 4.45. The highest BCUT2D eigenvalue weighted by Crippen LogP contribution is 2.31.